The second-order valence-corrected chi connectivity index (χ2v) is 6.82. The molecule has 6 heteroatoms. The van der Waals surface area contributed by atoms with E-state index in [1.165, 1.54) is 10.4 Å². The van der Waals surface area contributed by atoms with E-state index < -0.39 is 21.5 Å². The fraction of sp³-hybridized carbons (Fsp3) is 0.727. The van der Waals surface area contributed by atoms with Crippen molar-refractivity contribution < 1.29 is 18.3 Å². The maximum absolute atomic E-state index is 12.0. The zero-order valence-electron chi connectivity index (χ0n) is 10.6. The van der Waals surface area contributed by atoms with Crippen LogP contribution in [0.3, 0.4) is 0 Å². The standard InChI is InChI=1S/C11H21NO4S/c1-5-8-12(11(2,3)4)17(15,16)9-6-7-10(13)14/h5H,1,6-9H2,2-4H3,(H,13,14). The summed E-state index contributed by atoms with van der Waals surface area (Å²) in [6.45, 7) is 9.16. The average Bonchev–Trinajstić information content (AvgIpc) is 2.10. The van der Waals surface area contributed by atoms with Gasteiger partial charge in [0.15, 0.2) is 0 Å². The molecule has 0 rings (SSSR count). The molecule has 0 aliphatic rings. The molecule has 0 spiro atoms. The third-order valence-corrected chi connectivity index (χ3v) is 4.34. The molecule has 0 aromatic carbocycles. The van der Waals surface area contributed by atoms with Crippen molar-refractivity contribution >= 4 is 16.0 Å². The van der Waals surface area contributed by atoms with E-state index in [-0.39, 0.29) is 25.1 Å². The van der Waals surface area contributed by atoms with Crippen molar-refractivity contribution in [3.8, 4) is 0 Å². The summed E-state index contributed by atoms with van der Waals surface area (Å²) in [7, 11) is -3.44. The van der Waals surface area contributed by atoms with Gasteiger partial charge in [-0.2, -0.15) is 4.31 Å². The smallest absolute Gasteiger partial charge is 0.303 e. The van der Waals surface area contributed by atoms with E-state index in [1.807, 2.05) is 0 Å². The van der Waals surface area contributed by atoms with Crippen molar-refractivity contribution in [2.75, 3.05) is 12.3 Å². The summed E-state index contributed by atoms with van der Waals surface area (Å²) < 4.78 is 25.4. The number of aliphatic carboxylic acids is 1. The molecule has 0 radical (unpaired) electrons. The molecule has 0 saturated heterocycles. The van der Waals surface area contributed by atoms with E-state index in [2.05, 4.69) is 6.58 Å². The fourth-order valence-electron chi connectivity index (χ4n) is 1.44. The summed E-state index contributed by atoms with van der Waals surface area (Å²) in [6, 6.07) is 0. The number of hydrogen-bond donors (Lipinski definition) is 1. The molecule has 0 bridgehead atoms. The Morgan fingerprint density at radius 1 is 1.41 bits per heavy atom. The van der Waals surface area contributed by atoms with Crippen LogP contribution in [0.5, 0.6) is 0 Å². The van der Waals surface area contributed by atoms with Gasteiger partial charge in [-0.3, -0.25) is 4.79 Å². The molecule has 0 aromatic heterocycles. The average molecular weight is 263 g/mol. The number of sulfonamides is 1. The van der Waals surface area contributed by atoms with Gasteiger partial charge in [0.2, 0.25) is 10.0 Å². The first-order chi connectivity index (χ1) is 7.61. The van der Waals surface area contributed by atoms with Crippen LogP contribution in [-0.4, -0.2) is 41.6 Å². The molecular formula is C11H21NO4S. The molecule has 1 N–H and O–H groups in total. The number of rotatable bonds is 7. The Morgan fingerprint density at radius 3 is 2.29 bits per heavy atom. The molecule has 0 aromatic rings. The van der Waals surface area contributed by atoms with Gasteiger partial charge >= 0.3 is 5.97 Å². The van der Waals surface area contributed by atoms with E-state index in [4.69, 9.17) is 5.11 Å². The fourth-order valence-corrected chi connectivity index (χ4v) is 3.33. The van der Waals surface area contributed by atoms with Crippen LogP contribution in [0.2, 0.25) is 0 Å². The molecule has 0 aliphatic heterocycles. The van der Waals surface area contributed by atoms with Crippen molar-refractivity contribution in [1.29, 1.82) is 0 Å². The summed E-state index contributed by atoms with van der Waals surface area (Å²) in [5.74, 6) is -1.13. The Balaban J connectivity index is 4.73. The molecule has 0 saturated carbocycles. The van der Waals surface area contributed by atoms with Gasteiger partial charge in [-0.05, 0) is 27.2 Å². The third kappa shape index (κ3) is 5.83. The molecule has 0 heterocycles. The summed E-state index contributed by atoms with van der Waals surface area (Å²) in [4.78, 5) is 10.4. The largest absolute Gasteiger partial charge is 0.481 e. The highest BCUT2D eigenvalue weighted by Crippen LogP contribution is 2.19. The monoisotopic (exact) mass is 263 g/mol. The number of carboxylic acids is 1. The van der Waals surface area contributed by atoms with Crippen LogP contribution in [0, 0.1) is 0 Å². The van der Waals surface area contributed by atoms with Crippen molar-refractivity contribution in [3.05, 3.63) is 12.7 Å². The summed E-state index contributed by atoms with van der Waals surface area (Å²) in [5.41, 5.74) is -0.532. The lowest BCUT2D eigenvalue weighted by Crippen LogP contribution is -2.46. The van der Waals surface area contributed by atoms with Gasteiger partial charge in [0.25, 0.3) is 0 Å². The number of hydrogen-bond acceptors (Lipinski definition) is 3. The van der Waals surface area contributed by atoms with Crippen LogP contribution in [0.25, 0.3) is 0 Å². The second-order valence-electron chi connectivity index (χ2n) is 4.80. The summed E-state index contributed by atoms with van der Waals surface area (Å²) >= 11 is 0. The van der Waals surface area contributed by atoms with Gasteiger partial charge in [0.1, 0.15) is 0 Å². The van der Waals surface area contributed by atoms with Gasteiger partial charge in [-0.1, -0.05) is 6.08 Å². The predicted octanol–water partition coefficient (Wildman–Crippen LogP) is 1.47. The van der Waals surface area contributed by atoms with Gasteiger partial charge in [0, 0.05) is 18.5 Å². The number of carboxylic acid groups (broad SMARTS) is 1. The first-order valence-electron chi connectivity index (χ1n) is 5.44. The van der Waals surface area contributed by atoms with Crippen LogP contribution in [0.4, 0.5) is 0 Å². The van der Waals surface area contributed by atoms with Crippen LogP contribution in [0.1, 0.15) is 33.6 Å². The molecular weight excluding hydrogens is 242 g/mol. The first kappa shape index (κ1) is 16.1. The third-order valence-electron chi connectivity index (χ3n) is 2.17. The van der Waals surface area contributed by atoms with E-state index in [1.54, 1.807) is 20.8 Å². The minimum Gasteiger partial charge on any atom is -0.481 e. The molecule has 5 nitrogen and oxygen atoms in total. The van der Waals surface area contributed by atoms with Crippen LogP contribution >= 0.6 is 0 Å². The highest BCUT2D eigenvalue weighted by molar-refractivity contribution is 7.89. The normalized spacial score (nSPS) is 12.7. The SMILES string of the molecule is C=CCN(C(C)(C)C)S(=O)(=O)CCCC(=O)O. The molecule has 0 amide bonds. The Morgan fingerprint density at radius 2 is 1.94 bits per heavy atom. The van der Waals surface area contributed by atoms with Crippen LogP contribution in [-0.2, 0) is 14.8 Å². The van der Waals surface area contributed by atoms with Gasteiger partial charge < -0.3 is 5.11 Å². The predicted molar refractivity (Wildman–Crippen MR) is 67.3 cm³/mol. The van der Waals surface area contributed by atoms with E-state index in [9.17, 15) is 13.2 Å². The Bertz CT molecular complexity index is 367. The second kappa shape index (κ2) is 6.16. The molecule has 0 unspecified atom stereocenters. The summed E-state index contributed by atoms with van der Waals surface area (Å²) in [5, 5.41) is 8.49. The minimum absolute atomic E-state index is 0.126. The maximum Gasteiger partial charge on any atom is 0.303 e. The minimum atomic E-state index is -3.44. The lowest BCUT2D eigenvalue weighted by Gasteiger charge is -2.33. The molecule has 100 valence electrons. The van der Waals surface area contributed by atoms with E-state index in [0.717, 1.165) is 0 Å². The highest BCUT2D eigenvalue weighted by atomic mass is 32.2. The lowest BCUT2D eigenvalue weighted by molar-refractivity contribution is -0.137. The number of carbonyl (C=O) groups is 1. The Kier molecular flexibility index (Phi) is 5.84. The zero-order valence-corrected chi connectivity index (χ0v) is 11.5. The Labute approximate surface area is 103 Å². The quantitative estimate of drug-likeness (QED) is 0.706. The maximum atomic E-state index is 12.0. The van der Waals surface area contributed by atoms with Crippen molar-refractivity contribution in [3.63, 3.8) is 0 Å². The molecule has 0 aliphatic carbocycles. The summed E-state index contributed by atoms with van der Waals surface area (Å²) in [6.07, 6.45) is 1.52. The zero-order chi connectivity index (χ0) is 13.7. The van der Waals surface area contributed by atoms with Crippen molar-refractivity contribution in [2.45, 2.75) is 39.2 Å². The lowest BCUT2D eigenvalue weighted by atomic mass is 10.1. The molecule has 17 heavy (non-hydrogen) atoms. The van der Waals surface area contributed by atoms with Crippen LogP contribution < -0.4 is 0 Å². The topological polar surface area (TPSA) is 74.7 Å². The first-order valence-corrected chi connectivity index (χ1v) is 7.05. The van der Waals surface area contributed by atoms with Gasteiger partial charge in [0.05, 0.1) is 5.75 Å². The molecule has 0 atom stereocenters. The van der Waals surface area contributed by atoms with Gasteiger partial charge in [-0.25, -0.2) is 8.42 Å². The van der Waals surface area contributed by atoms with Crippen LogP contribution in [0.15, 0.2) is 12.7 Å². The van der Waals surface area contributed by atoms with E-state index >= 15 is 0 Å². The molecule has 0 fully saturated rings. The Hall–Kier alpha value is -0.880. The highest BCUT2D eigenvalue weighted by Gasteiger charge is 2.31. The van der Waals surface area contributed by atoms with Crippen molar-refractivity contribution in [2.24, 2.45) is 0 Å². The number of nitrogens with zero attached hydrogens (tertiary/aromatic N) is 1. The van der Waals surface area contributed by atoms with Crippen molar-refractivity contribution in [1.82, 2.24) is 4.31 Å². The van der Waals surface area contributed by atoms with E-state index in [0.29, 0.717) is 0 Å². The van der Waals surface area contributed by atoms with Gasteiger partial charge in [-0.15, -0.1) is 6.58 Å².